The summed E-state index contributed by atoms with van der Waals surface area (Å²) in [7, 11) is 0. The van der Waals surface area contributed by atoms with Crippen LogP contribution in [0.1, 0.15) is 48.9 Å². The van der Waals surface area contributed by atoms with Gasteiger partial charge in [0.25, 0.3) is 0 Å². The van der Waals surface area contributed by atoms with Gasteiger partial charge in [-0.2, -0.15) is 0 Å². The summed E-state index contributed by atoms with van der Waals surface area (Å²) in [4.78, 5) is 12.7. The van der Waals surface area contributed by atoms with Crippen LogP contribution in [0.15, 0.2) is 22.7 Å². The average Bonchev–Trinajstić information content (AvgIpc) is 2.67. The van der Waals surface area contributed by atoms with Gasteiger partial charge in [0.05, 0.1) is 5.56 Å². The molecule has 0 saturated heterocycles. The van der Waals surface area contributed by atoms with Crippen LogP contribution < -0.4 is 5.73 Å². The highest BCUT2D eigenvalue weighted by Gasteiger charge is 2.38. The van der Waals surface area contributed by atoms with Crippen LogP contribution in [0.3, 0.4) is 0 Å². The molecule has 1 aromatic carbocycles. The Bertz CT molecular complexity index is 467. The van der Waals surface area contributed by atoms with Crippen molar-refractivity contribution in [1.29, 1.82) is 0 Å². The summed E-state index contributed by atoms with van der Waals surface area (Å²) in [6.07, 6.45) is 5.81. The molecule has 0 radical (unpaired) electrons. The predicted molar refractivity (Wildman–Crippen MR) is 77.6 cm³/mol. The van der Waals surface area contributed by atoms with E-state index in [2.05, 4.69) is 15.9 Å². The molecule has 0 heterocycles. The normalized spacial score (nSPS) is 18.9. The molecule has 2 nitrogen and oxygen atoms in total. The third kappa shape index (κ3) is 3.06. The molecule has 0 atom stereocenters. The van der Waals surface area contributed by atoms with E-state index in [1.54, 1.807) is 12.1 Å². The van der Waals surface area contributed by atoms with Gasteiger partial charge < -0.3 is 5.73 Å². The van der Waals surface area contributed by atoms with Gasteiger partial charge in [0.2, 0.25) is 0 Å². The lowest BCUT2D eigenvalue weighted by atomic mass is 9.74. The van der Waals surface area contributed by atoms with Gasteiger partial charge >= 0.3 is 0 Å². The predicted octanol–water partition coefficient (Wildman–Crippen LogP) is 4.07. The molecule has 0 amide bonds. The molecule has 4 heteroatoms. The van der Waals surface area contributed by atoms with E-state index in [9.17, 15) is 9.18 Å². The number of carbonyl (C=O) groups excluding carboxylic acids is 1. The summed E-state index contributed by atoms with van der Waals surface area (Å²) < 4.78 is 14.6. The summed E-state index contributed by atoms with van der Waals surface area (Å²) in [5.74, 6) is -0.582. The van der Waals surface area contributed by atoms with Crippen molar-refractivity contribution in [2.75, 3.05) is 6.54 Å². The number of hydrogen-bond donors (Lipinski definition) is 1. The number of hydrogen-bond acceptors (Lipinski definition) is 2. The van der Waals surface area contributed by atoms with Crippen LogP contribution in [-0.4, -0.2) is 12.3 Å². The first-order valence-corrected chi connectivity index (χ1v) is 7.58. The Morgan fingerprint density at radius 3 is 2.47 bits per heavy atom. The van der Waals surface area contributed by atoms with E-state index in [0.717, 1.165) is 43.0 Å². The molecule has 0 unspecified atom stereocenters. The van der Waals surface area contributed by atoms with Crippen LogP contribution in [0.25, 0.3) is 0 Å². The number of ketones is 1. The zero-order valence-electron chi connectivity index (χ0n) is 10.9. The Kier molecular flexibility index (Phi) is 4.74. The Morgan fingerprint density at radius 1 is 1.26 bits per heavy atom. The fourth-order valence-electron chi connectivity index (χ4n) is 2.89. The maximum absolute atomic E-state index is 13.9. The van der Waals surface area contributed by atoms with Gasteiger partial charge in [-0.3, -0.25) is 4.79 Å². The highest BCUT2D eigenvalue weighted by Crippen LogP contribution is 2.38. The van der Waals surface area contributed by atoms with Crippen molar-refractivity contribution in [2.24, 2.45) is 11.1 Å². The van der Waals surface area contributed by atoms with Crippen LogP contribution in [0, 0.1) is 11.2 Å². The van der Waals surface area contributed by atoms with Crippen LogP contribution in [0.5, 0.6) is 0 Å². The third-order valence-corrected chi connectivity index (χ3v) is 4.60. The standard InChI is InChI=1S/C15H19BrFNO/c16-11-5-6-13(17)12(9-11)14(19)15(10-18)7-3-1-2-4-8-15/h5-6,9H,1-4,7-8,10,18H2. The number of nitrogens with two attached hydrogens (primary N) is 1. The Morgan fingerprint density at radius 2 is 1.89 bits per heavy atom. The summed E-state index contributed by atoms with van der Waals surface area (Å²) in [5, 5.41) is 0. The molecule has 1 aromatic rings. The largest absolute Gasteiger partial charge is 0.329 e. The molecule has 0 spiro atoms. The molecule has 2 rings (SSSR count). The lowest BCUT2D eigenvalue weighted by Crippen LogP contribution is -2.38. The van der Waals surface area contributed by atoms with E-state index >= 15 is 0 Å². The number of Topliss-reactive ketones (excluding diaryl/α,β-unsaturated/α-hetero) is 1. The highest BCUT2D eigenvalue weighted by molar-refractivity contribution is 9.10. The molecule has 2 N–H and O–H groups in total. The third-order valence-electron chi connectivity index (χ3n) is 4.11. The minimum absolute atomic E-state index is 0.129. The van der Waals surface area contributed by atoms with Gasteiger partial charge in [-0.05, 0) is 31.0 Å². The summed E-state index contributed by atoms with van der Waals surface area (Å²) >= 11 is 3.29. The second-order valence-electron chi connectivity index (χ2n) is 5.35. The summed E-state index contributed by atoms with van der Waals surface area (Å²) in [6.45, 7) is 0.303. The first kappa shape index (κ1) is 14.7. The van der Waals surface area contributed by atoms with Crippen molar-refractivity contribution in [3.8, 4) is 0 Å². The summed E-state index contributed by atoms with van der Waals surface area (Å²) in [6, 6.07) is 4.51. The lowest BCUT2D eigenvalue weighted by Gasteiger charge is -2.30. The van der Waals surface area contributed by atoms with Gasteiger partial charge in [-0.25, -0.2) is 4.39 Å². The Hall–Kier alpha value is -0.740. The fraction of sp³-hybridized carbons (Fsp3) is 0.533. The first-order valence-electron chi connectivity index (χ1n) is 6.79. The Balaban J connectivity index is 2.36. The van der Waals surface area contributed by atoms with Gasteiger partial charge in [-0.1, -0.05) is 41.6 Å². The smallest absolute Gasteiger partial charge is 0.173 e. The highest BCUT2D eigenvalue weighted by atomic mass is 79.9. The first-order chi connectivity index (χ1) is 9.09. The summed E-state index contributed by atoms with van der Waals surface area (Å²) in [5.41, 5.74) is 5.48. The molecular formula is C15H19BrFNO. The number of halogens is 2. The van der Waals surface area contributed by atoms with E-state index in [1.807, 2.05) is 0 Å². The van der Waals surface area contributed by atoms with E-state index in [-0.39, 0.29) is 11.3 Å². The van der Waals surface area contributed by atoms with E-state index in [1.165, 1.54) is 6.07 Å². The zero-order valence-corrected chi connectivity index (χ0v) is 12.5. The van der Waals surface area contributed by atoms with Crippen LogP contribution in [0.4, 0.5) is 4.39 Å². The molecule has 0 aromatic heterocycles. The van der Waals surface area contributed by atoms with Crippen molar-refractivity contribution in [1.82, 2.24) is 0 Å². The minimum Gasteiger partial charge on any atom is -0.329 e. The van der Waals surface area contributed by atoms with Crippen molar-refractivity contribution in [3.63, 3.8) is 0 Å². The minimum atomic E-state index is -0.571. The molecule has 1 aliphatic carbocycles. The second kappa shape index (κ2) is 6.14. The van der Waals surface area contributed by atoms with E-state index in [0.29, 0.717) is 6.54 Å². The van der Waals surface area contributed by atoms with Crippen molar-refractivity contribution >= 4 is 21.7 Å². The van der Waals surface area contributed by atoms with Gasteiger partial charge in [-0.15, -0.1) is 0 Å². The van der Waals surface area contributed by atoms with Crippen LogP contribution >= 0.6 is 15.9 Å². The van der Waals surface area contributed by atoms with Crippen LogP contribution in [-0.2, 0) is 0 Å². The average molecular weight is 328 g/mol. The van der Waals surface area contributed by atoms with Crippen molar-refractivity contribution in [2.45, 2.75) is 38.5 Å². The lowest BCUT2D eigenvalue weighted by molar-refractivity contribution is 0.0769. The van der Waals surface area contributed by atoms with E-state index < -0.39 is 11.2 Å². The molecule has 19 heavy (non-hydrogen) atoms. The van der Waals surface area contributed by atoms with Crippen molar-refractivity contribution < 1.29 is 9.18 Å². The molecular weight excluding hydrogens is 309 g/mol. The number of benzene rings is 1. The maximum atomic E-state index is 13.9. The monoisotopic (exact) mass is 327 g/mol. The van der Waals surface area contributed by atoms with Gasteiger partial charge in [0.1, 0.15) is 5.82 Å². The Labute approximate surface area is 121 Å². The molecule has 1 aliphatic rings. The maximum Gasteiger partial charge on any atom is 0.173 e. The van der Waals surface area contributed by atoms with Gasteiger partial charge in [0, 0.05) is 16.4 Å². The molecule has 0 aliphatic heterocycles. The van der Waals surface area contributed by atoms with Crippen molar-refractivity contribution in [3.05, 3.63) is 34.1 Å². The molecule has 104 valence electrons. The number of carbonyl (C=O) groups is 1. The fourth-order valence-corrected chi connectivity index (χ4v) is 3.25. The van der Waals surface area contributed by atoms with E-state index in [4.69, 9.17) is 5.73 Å². The zero-order chi connectivity index (χ0) is 13.9. The topological polar surface area (TPSA) is 43.1 Å². The quantitative estimate of drug-likeness (QED) is 0.671. The second-order valence-corrected chi connectivity index (χ2v) is 6.27. The molecule has 1 fully saturated rings. The molecule has 1 saturated carbocycles. The molecule has 0 bridgehead atoms. The van der Waals surface area contributed by atoms with Crippen LogP contribution in [0.2, 0.25) is 0 Å². The SMILES string of the molecule is NCC1(C(=O)c2cc(Br)ccc2F)CCCCCC1. The number of rotatable bonds is 3. The van der Waals surface area contributed by atoms with Gasteiger partial charge in [0.15, 0.2) is 5.78 Å².